The summed E-state index contributed by atoms with van der Waals surface area (Å²) in [5.74, 6) is 0.418. The molecule has 2 aromatic rings. The van der Waals surface area contributed by atoms with Crippen LogP contribution in [0.3, 0.4) is 0 Å². The Morgan fingerprint density at radius 3 is 2.35 bits per heavy atom. The predicted molar refractivity (Wildman–Crippen MR) is 87.5 cm³/mol. The van der Waals surface area contributed by atoms with Gasteiger partial charge in [0, 0.05) is 19.2 Å². The van der Waals surface area contributed by atoms with Crippen LogP contribution >= 0.6 is 0 Å². The molecular weight excluding hydrogens is 298 g/mol. The van der Waals surface area contributed by atoms with E-state index in [1.807, 2.05) is 6.07 Å². The number of nitro benzene ring substituents is 1. The molecule has 0 fully saturated rings. The third-order valence-corrected chi connectivity index (χ3v) is 3.11. The average molecular weight is 314 g/mol. The second kappa shape index (κ2) is 8.32. The zero-order chi connectivity index (χ0) is 16.5. The molecule has 2 rings (SSSR count). The molecular formula is C15H16N5O3-. The van der Waals surface area contributed by atoms with Crippen LogP contribution in [0, 0.1) is 10.1 Å². The van der Waals surface area contributed by atoms with Crippen LogP contribution in [-0.2, 0) is 0 Å². The molecule has 0 aliphatic heterocycles. The lowest BCUT2D eigenvalue weighted by Gasteiger charge is -2.11. The predicted octanol–water partition coefficient (Wildman–Crippen LogP) is 3.82. The van der Waals surface area contributed by atoms with E-state index in [2.05, 4.69) is 15.9 Å². The van der Waals surface area contributed by atoms with Crippen molar-refractivity contribution in [3.63, 3.8) is 0 Å². The van der Waals surface area contributed by atoms with E-state index in [4.69, 9.17) is 10.4 Å². The summed E-state index contributed by atoms with van der Waals surface area (Å²) in [5, 5.41) is 19.8. The van der Waals surface area contributed by atoms with Gasteiger partial charge in [-0.3, -0.25) is 10.1 Å². The van der Waals surface area contributed by atoms with E-state index >= 15 is 0 Å². The van der Waals surface area contributed by atoms with Crippen molar-refractivity contribution in [2.45, 2.75) is 6.42 Å². The van der Waals surface area contributed by atoms with Crippen LogP contribution in [0.4, 0.5) is 17.1 Å². The van der Waals surface area contributed by atoms with Crippen molar-refractivity contribution < 1.29 is 9.76 Å². The van der Waals surface area contributed by atoms with Crippen molar-refractivity contribution >= 4 is 17.1 Å². The molecule has 2 aromatic carbocycles. The molecule has 0 atom stereocenters. The SMILES string of the molecule is [N-]=NOc1ccccc1NCCCNc1ccccc1[N+](=O)[O-]. The lowest BCUT2D eigenvalue weighted by Crippen LogP contribution is -2.10. The molecule has 8 heteroatoms. The minimum absolute atomic E-state index is 0.0590. The van der Waals surface area contributed by atoms with Crippen LogP contribution in [-0.4, -0.2) is 18.0 Å². The molecule has 0 amide bonds. The van der Waals surface area contributed by atoms with Crippen LogP contribution in [0.2, 0.25) is 0 Å². The molecule has 0 heterocycles. The number of hydrogen-bond acceptors (Lipinski definition) is 6. The van der Waals surface area contributed by atoms with Gasteiger partial charge in [-0.2, -0.15) is 0 Å². The first kappa shape index (κ1) is 16.2. The summed E-state index contributed by atoms with van der Waals surface area (Å²) >= 11 is 0. The number of rotatable bonds is 9. The highest BCUT2D eigenvalue weighted by molar-refractivity contribution is 5.61. The maximum absolute atomic E-state index is 10.9. The van der Waals surface area contributed by atoms with Gasteiger partial charge in [0.1, 0.15) is 5.69 Å². The van der Waals surface area contributed by atoms with Gasteiger partial charge in [-0.05, 0) is 24.6 Å². The molecule has 0 saturated carbocycles. The quantitative estimate of drug-likeness (QED) is 0.316. The summed E-state index contributed by atoms with van der Waals surface area (Å²) in [6.45, 7) is 1.20. The second-order valence-electron chi connectivity index (χ2n) is 4.65. The zero-order valence-corrected chi connectivity index (χ0v) is 12.3. The van der Waals surface area contributed by atoms with E-state index in [9.17, 15) is 10.1 Å². The molecule has 120 valence electrons. The molecule has 0 unspecified atom stereocenters. The first-order valence-corrected chi connectivity index (χ1v) is 7.04. The van der Waals surface area contributed by atoms with Gasteiger partial charge < -0.3 is 21.0 Å². The first-order chi connectivity index (χ1) is 11.2. The molecule has 2 N–H and O–H groups in total. The maximum Gasteiger partial charge on any atom is 0.292 e. The maximum atomic E-state index is 10.9. The lowest BCUT2D eigenvalue weighted by atomic mass is 10.2. The molecule has 0 saturated heterocycles. The molecule has 0 radical (unpaired) electrons. The minimum Gasteiger partial charge on any atom is -0.669 e. The Labute approximate surface area is 133 Å². The monoisotopic (exact) mass is 314 g/mol. The highest BCUT2D eigenvalue weighted by Gasteiger charge is 2.11. The molecule has 0 bridgehead atoms. The zero-order valence-electron chi connectivity index (χ0n) is 12.3. The number of para-hydroxylation sites is 4. The number of nitro groups is 1. The Bertz CT molecular complexity index is 678. The van der Waals surface area contributed by atoms with Gasteiger partial charge in [0.25, 0.3) is 5.69 Å². The number of anilines is 2. The smallest absolute Gasteiger partial charge is 0.292 e. The molecule has 0 aliphatic carbocycles. The summed E-state index contributed by atoms with van der Waals surface area (Å²) in [6, 6.07) is 13.6. The summed E-state index contributed by atoms with van der Waals surface area (Å²) in [7, 11) is 0. The fraction of sp³-hybridized carbons (Fsp3) is 0.200. The van der Waals surface area contributed by atoms with Gasteiger partial charge in [-0.1, -0.05) is 24.3 Å². The molecule has 0 aliphatic rings. The van der Waals surface area contributed by atoms with Gasteiger partial charge in [0.15, 0.2) is 5.75 Å². The number of benzene rings is 2. The number of hydrogen-bond donors (Lipinski definition) is 2. The highest BCUT2D eigenvalue weighted by atomic mass is 16.6. The van der Waals surface area contributed by atoms with E-state index in [-0.39, 0.29) is 5.69 Å². The third-order valence-electron chi connectivity index (χ3n) is 3.11. The fourth-order valence-corrected chi connectivity index (χ4v) is 2.05. The van der Waals surface area contributed by atoms with Crippen LogP contribution < -0.4 is 15.5 Å². The summed E-state index contributed by atoms with van der Waals surface area (Å²) in [4.78, 5) is 15.2. The van der Waals surface area contributed by atoms with E-state index in [0.29, 0.717) is 30.2 Å². The summed E-state index contributed by atoms with van der Waals surface area (Å²) in [5.41, 5.74) is 9.72. The molecule has 8 nitrogen and oxygen atoms in total. The van der Waals surface area contributed by atoms with Gasteiger partial charge in [-0.15, -0.1) is 0 Å². The van der Waals surface area contributed by atoms with Crippen molar-refractivity contribution in [2.24, 2.45) is 5.28 Å². The van der Waals surface area contributed by atoms with Crippen LogP contribution in [0.1, 0.15) is 6.42 Å². The van der Waals surface area contributed by atoms with E-state index in [1.54, 1.807) is 36.4 Å². The standard InChI is InChI=1S/C15H16N5O3/c16-19-23-15-9-4-2-7-13(15)18-11-5-10-17-12-6-1-3-8-14(12)20(21)22/h1-4,6-9,17-18H,5,10-11H2/q-1. The Morgan fingerprint density at radius 1 is 1.04 bits per heavy atom. The van der Waals surface area contributed by atoms with Crippen molar-refractivity contribution in [3.05, 3.63) is 64.2 Å². The van der Waals surface area contributed by atoms with Crippen molar-refractivity contribution in [1.82, 2.24) is 0 Å². The van der Waals surface area contributed by atoms with Crippen molar-refractivity contribution in [2.75, 3.05) is 23.7 Å². The Kier molecular flexibility index (Phi) is 5.87. The van der Waals surface area contributed by atoms with Gasteiger partial charge in [-0.25, -0.2) is 5.28 Å². The van der Waals surface area contributed by atoms with Gasteiger partial charge in [0.2, 0.25) is 0 Å². The number of nitrogens with one attached hydrogen (secondary N) is 2. The first-order valence-electron chi connectivity index (χ1n) is 7.04. The second-order valence-corrected chi connectivity index (χ2v) is 4.65. The van der Waals surface area contributed by atoms with Gasteiger partial charge in [0.05, 0.1) is 10.6 Å². The summed E-state index contributed by atoms with van der Waals surface area (Å²) < 4.78 is 0. The van der Waals surface area contributed by atoms with Crippen LogP contribution in [0.25, 0.3) is 5.53 Å². The Balaban J connectivity index is 1.81. The average Bonchev–Trinajstić information content (AvgIpc) is 2.56. The minimum atomic E-state index is -0.410. The lowest BCUT2D eigenvalue weighted by molar-refractivity contribution is -0.384. The van der Waals surface area contributed by atoms with Crippen LogP contribution in [0.5, 0.6) is 5.75 Å². The molecule has 0 spiro atoms. The van der Waals surface area contributed by atoms with Crippen LogP contribution in [0.15, 0.2) is 53.8 Å². The van der Waals surface area contributed by atoms with E-state index < -0.39 is 4.92 Å². The fourth-order valence-electron chi connectivity index (χ4n) is 2.05. The highest BCUT2D eigenvalue weighted by Crippen LogP contribution is 2.24. The van der Waals surface area contributed by atoms with Crippen molar-refractivity contribution in [1.29, 1.82) is 0 Å². The largest absolute Gasteiger partial charge is 0.669 e. The topological polar surface area (TPSA) is 111 Å². The molecule has 23 heavy (non-hydrogen) atoms. The number of nitrogens with zero attached hydrogens (tertiary/aromatic N) is 3. The summed E-state index contributed by atoms with van der Waals surface area (Å²) in [6.07, 6.45) is 0.733. The third kappa shape index (κ3) is 4.67. The van der Waals surface area contributed by atoms with Gasteiger partial charge >= 0.3 is 0 Å². The van der Waals surface area contributed by atoms with E-state index in [1.165, 1.54) is 6.07 Å². The van der Waals surface area contributed by atoms with Crippen molar-refractivity contribution in [3.8, 4) is 5.75 Å². The normalized spacial score (nSPS) is 9.91. The van der Waals surface area contributed by atoms with E-state index in [0.717, 1.165) is 6.42 Å². The molecule has 0 aromatic heterocycles. The Morgan fingerprint density at radius 2 is 1.65 bits per heavy atom. The Hall–Kier alpha value is -3.16.